The van der Waals surface area contributed by atoms with Crippen LogP contribution < -0.4 is 10.0 Å². The lowest BCUT2D eigenvalue weighted by molar-refractivity contribution is -0.129. The second kappa shape index (κ2) is 8.96. The maximum Gasteiger partial charge on any atom is 0.338 e. The van der Waals surface area contributed by atoms with Crippen molar-refractivity contribution in [1.82, 2.24) is 10.0 Å². The molecule has 140 valence electrons. The molecule has 1 amide bonds. The molecule has 1 aromatic rings. The van der Waals surface area contributed by atoms with E-state index in [1.54, 1.807) is 20.8 Å². The first-order valence-electron chi connectivity index (χ1n) is 8.20. The number of carbonyl (C=O) groups excluding carboxylic acids is 2. The van der Waals surface area contributed by atoms with Crippen LogP contribution in [-0.2, 0) is 19.6 Å². The molecule has 0 aromatic heterocycles. The van der Waals surface area contributed by atoms with Crippen LogP contribution in [0.4, 0.5) is 0 Å². The molecule has 0 saturated heterocycles. The summed E-state index contributed by atoms with van der Waals surface area (Å²) in [7, 11) is -3.63. The Morgan fingerprint density at radius 3 is 2.12 bits per heavy atom. The first-order valence-corrected chi connectivity index (χ1v) is 9.68. The van der Waals surface area contributed by atoms with E-state index in [0.717, 1.165) is 0 Å². The highest BCUT2D eigenvalue weighted by Crippen LogP contribution is 2.13. The molecule has 0 heterocycles. The van der Waals surface area contributed by atoms with Crippen molar-refractivity contribution in [2.45, 2.75) is 64.1 Å². The fourth-order valence-corrected chi connectivity index (χ4v) is 3.20. The lowest BCUT2D eigenvalue weighted by Gasteiger charge is -2.15. The number of amides is 1. The van der Waals surface area contributed by atoms with Gasteiger partial charge in [0, 0.05) is 12.1 Å². The summed E-state index contributed by atoms with van der Waals surface area (Å²) in [5.41, 5.74) is 0.173. The van der Waals surface area contributed by atoms with Crippen LogP contribution >= 0.6 is 0 Å². The van der Waals surface area contributed by atoms with Gasteiger partial charge in [-0.3, -0.25) is 4.79 Å². The summed E-state index contributed by atoms with van der Waals surface area (Å²) in [6, 6.07) is 5.15. The monoisotopic (exact) mass is 370 g/mol. The Kier molecular flexibility index (Phi) is 7.57. The minimum Gasteiger partial charge on any atom is -0.449 e. The maximum atomic E-state index is 12.2. The SMILES string of the molecule is CC[C@@H](C)NS(=O)(=O)c1ccc(C(=O)O[C@H](C)C(=O)NC(C)C)cc1. The van der Waals surface area contributed by atoms with E-state index in [4.69, 9.17) is 4.74 Å². The number of sulfonamides is 1. The third kappa shape index (κ3) is 6.47. The molecule has 25 heavy (non-hydrogen) atoms. The molecule has 0 spiro atoms. The van der Waals surface area contributed by atoms with Gasteiger partial charge in [-0.05, 0) is 58.4 Å². The lowest BCUT2D eigenvalue weighted by Crippen LogP contribution is -2.39. The molecule has 0 fully saturated rings. The van der Waals surface area contributed by atoms with E-state index in [1.807, 2.05) is 6.92 Å². The van der Waals surface area contributed by atoms with E-state index in [1.165, 1.54) is 31.2 Å². The normalized spacial score (nSPS) is 14.0. The van der Waals surface area contributed by atoms with Gasteiger partial charge >= 0.3 is 5.97 Å². The van der Waals surface area contributed by atoms with Crippen molar-refractivity contribution >= 4 is 21.9 Å². The number of esters is 1. The van der Waals surface area contributed by atoms with Crippen molar-refractivity contribution in [1.29, 1.82) is 0 Å². The van der Waals surface area contributed by atoms with Crippen LogP contribution in [0.1, 0.15) is 51.4 Å². The van der Waals surface area contributed by atoms with Crippen LogP contribution in [0, 0.1) is 0 Å². The smallest absolute Gasteiger partial charge is 0.338 e. The number of benzene rings is 1. The zero-order valence-corrected chi connectivity index (χ0v) is 16.0. The van der Waals surface area contributed by atoms with Crippen LogP contribution in [0.25, 0.3) is 0 Å². The quantitative estimate of drug-likeness (QED) is 0.680. The standard InChI is InChI=1S/C17H26N2O5S/c1-6-12(4)19-25(22,23)15-9-7-14(8-10-15)17(21)24-13(5)16(20)18-11(2)3/h7-13,19H,6H2,1-5H3,(H,18,20)/t12-,13-/m1/s1. The van der Waals surface area contributed by atoms with Crippen molar-refractivity contribution in [2.75, 3.05) is 0 Å². The van der Waals surface area contributed by atoms with E-state index >= 15 is 0 Å². The van der Waals surface area contributed by atoms with E-state index in [9.17, 15) is 18.0 Å². The molecule has 0 aliphatic rings. The molecule has 0 radical (unpaired) electrons. The number of ether oxygens (including phenoxy) is 1. The molecule has 0 unspecified atom stereocenters. The predicted octanol–water partition coefficient (Wildman–Crippen LogP) is 1.83. The lowest BCUT2D eigenvalue weighted by atomic mass is 10.2. The predicted molar refractivity (Wildman–Crippen MR) is 94.7 cm³/mol. The summed E-state index contributed by atoms with van der Waals surface area (Å²) in [6.07, 6.45) is -0.273. The topological polar surface area (TPSA) is 102 Å². The Hall–Kier alpha value is -1.93. The second-order valence-electron chi connectivity index (χ2n) is 6.17. The zero-order valence-electron chi connectivity index (χ0n) is 15.2. The van der Waals surface area contributed by atoms with Crippen LogP contribution in [0.5, 0.6) is 0 Å². The molecular formula is C17H26N2O5S. The molecule has 1 rings (SSSR count). The van der Waals surface area contributed by atoms with Gasteiger partial charge < -0.3 is 10.1 Å². The van der Waals surface area contributed by atoms with Gasteiger partial charge in [0.05, 0.1) is 10.5 Å². The molecule has 2 atom stereocenters. The van der Waals surface area contributed by atoms with Gasteiger partial charge in [-0.2, -0.15) is 0 Å². The van der Waals surface area contributed by atoms with E-state index in [2.05, 4.69) is 10.0 Å². The summed E-state index contributed by atoms with van der Waals surface area (Å²) >= 11 is 0. The largest absolute Gasteiger partial charge is 0.449 e. The molecular weight excluding hydrogens is 344 g/mol. The Labute approximate surface area is 149 Å². The molecule has 0 saturated carbocycles. The first kappa shape index (κ1) is 21.1. The number of carbonyl (C=O) groups is 2. The van der Waals surface area contributed by atoms with Crippen molar-refractivity contribution in [3.63, 3.8) is 0 Å². The molecule has 0 aliphatic carbocycles. The molecule has 0 aliphatic heterocycles. The minimum absolute atomic E-state index is 0.0591. The highest BCUT2D eigenvalue weighted by Gasteiger charge is 2.21. The molecule has 8 heteroatoms. The first-order chi connectivity index (χ1) is 11.6. The minimum atomic E-state index is -3.63. The third-order valence-electron chi connectivity index (χ3n) is 3.45. The number of hydrogen-bond acceptors (Lipinski definition) is 5. The van der Waals surface area contributed by atoms with Crippen molar-refractivity contribution in [3.05, 3.63) is 29.8 Å². The molecule has 1 aromatic carbocycles. The summed E-state index contributed by atoms with van der Waals surface area (Å²) in [4.78, 5) is 23.9. The number of hydrogen-bond donors (Lipinski definition) is 2. The number of nitrogens with one attached hydrogen (secondary N) is 2. The Morgan fingerprint density at radius 2 is 1.64 bits per heavy atom. The van der Waals surface area contributed by atoms with Gasteiger partial charge in [-0.25, -0.2) is 17.9 Å². The molecule has 7 nitrogen and oxygen atoms in total. The Morgan fingerprint density at radius 1 is 1.08 bits per heavy atom. The summed E-state index contributed by atoms with van der Waals surface area (Å²) in [6.45, 7) is 8.73. The summed E-state index contributed by atoms with van der Waals surface area (Å²) in [5, 5.41) is 2.65. The average molecular weight is 370 g/mol. The Bertz CT molecular complexity index is 698. The van der Waals surface area contributed by atoms with Gasteiger partial charge in [0.25, 0.3) is 5.91 Å². The van der Waals surface area contributed by atoms with Gasteiger partial charge in [0.15, 0.2) is 6.10 Å². The fraction of sp³-hybridized carbons (Fsp3) is 0.529. The van der Waals surface area contributed by atoms with E-state index < -0.39 is 22.1 Å². The van der Waals surface area contributed by atoms with E-state index in [0.29, 0.717) is 6.42 Å². The summed E-state index contributed by atoms with van der Waals surface area (Å²) < 4.78 is 32.0. The highest BCUT2D eigenvalue weighted by atomic mass is 32.2. The van der Waals surface area contributed by atoms with Crippen molar-refractivity contribution in [3.8, 4) is 0 Å². The number of rotatable bonds is 8. The second-order valence-corrected chi connectivity index (χ2v) is 7.88. The summed E-state index contributed by atoms with van der Waals surface area (Å²) in [5.74, 6) is -1.08. The van der Waals surface area contributed by atoms with Crippen molar-refractivity contribution < 1.29 is 22.7 Å². The van der Waals surface area contributed by atoms with Gasteiger partial charge in [0.2, 0.25) is 10.0 Å². The third-order valence-corrected chi connectivity index (χ3v) is 5.06. The van der Waals surface area contributed by atoms with Gasteiger partial charge in [0.1, 0.15) is 0 Å². The highest BCUT2D eigenvalue weighted by molar-refractivity contribution is 7.89. The van der Waals surface area contributed by atoms with Crippen LogP contribution in [0.2, 0.25) is 0 Å². The van der Waals surface area contributed by atoms with E-state index in [-0.39, 0.29) is 28.4 Å². The fourth-order valence-electron chi connectivity index (χ4n) is 1.87. The van der Waals surface area contributed by atoms with Crippen LogP contribution in [0.3, 0.4) is 0 Å². The van der Waals surface area contributed by atoms with Crippen molar-refractivity contribution in [2.24, 2.45) is 0 Å². The van der Waals surface area contributed by atoms with Crippen LogP contribution in [0.15, 0.2) is 29.2 Å². The molecule has 2 N–H and O–H groups in total. The Balaban J connectivity index is 2.79. The average Bonchev–Trinajstić information content (AvgIpc) is 2.53. The zero-order chi connectivity index (χ0) is 19.2. The van der Waals surface area contributed by atoms with Crippen LogP contribution in [-0.4, -0.2) is 38.5 Å². The molecule has 0 bridgehead atoms. The van der Waals surface area contributed by atoms with Gasteiger partial charge in [-0.1, -0.05) is 6.92 Å². The maximum absolute atomic E-state index is 12.2. The van der Waals surface area contributed by atoms with Gasteiger partial charge in [-0.15, -0.1) is 0 Å².